The maximum atomic E-state index is 5.40. The Labute approximate surface area is 400 Å². The van der Waals surface area contributed by atoms with Crippen LogP contribution in [0.15, 0.2) is 224 Å². The number of rotatable bonds is 9. The highest BCUT2D eigenvalue weighted by molar-refractivity contribution is 6.13. The predicted octanol–water partition coefficient (Wildman–Crippen LogP) is 17.7. The summed E-state index contributed by atoms with van der Waals surface area (Å²) in [5.41, 5.74) is 19.9. The van der Waals surface area contributed by atoms with Crippen LogP contribution in [0.4, 0.5) is 0 Å². The van der Waals surface area contributed by atoms with Gasteiger partial charge in [-0.2, -0.15) is 0 Å². The van der Waals surface area contributed by atoms with Gasteiger partial charge in [0, 0.05) is 38.6 Å². The van der Waals surface area contributed by atoms with Crippen molar-refractivity contribution >= 4 is 21.8 Å². The molecule has 0 N–H and O–H groups in total. The maximum absolute atomic E-state index is 5.40. The Morgan fingerprint density at radius 2 is 0.765 bits per heavy atom. The summed E-state index contributed by atoms with van der Waals surface area (Å²) in [5, 5.41) is 2.40. The first-order valence-corrected chi connectivity index (χ1v) is 23.8. The van der Waals surface area contributed by atoms with Crippen molar-refractivity contribution in [1.29, 1.82) is 0 Å². The zero-order valence-electron chi connectivity index (χ0n) is 39.3. The van der Waals surface area contributed by atoms with Gasteiger partial charge in [-0.15, -0.1) is 0 Å². The van der Waals surface area contributed by atoms with E-state index in [1.165, 1.54) is 44.2 Å². The molecule has 0 atom stereocenters. The van der Waals surface area contributed by atoms with Crippen LogP contribution in [0.25, 0.3) is 106 Å². The third-order valence-corrected chi connectivity index (χ3v) is 13.4. The molecule has 11 rings (SSSR count). The molecule has 0 amide bonds. The number of hydrogen-bond donors (Lipinski definition) is 0. The molecular weight excluding hydrogens is 823 g/mol. The molecule has 0 radical (unpaired) electrons. The summed E-state index contributed by atoms with van der Waals surface area (Å²) < 4.78 is 2.52. The first-order chi connectivity index (χ1) is 33.2. The smallest absolute Gasteiger partial charge is 0.160 e. The quantitative estimate of drug-likeness (QED) is 0.145. The molecule has 2 aromatic heterocycles. The molecule has 0 fully saturated rings. The molecule has 0 aliphatic carbocycles. The van der Waals surface area contributed by atoms with E-state index in [1.807, 2.05) is 0 Å². The number of fused-ring (bicyclic) bond motifs is 3. The van der Waals surface area contributed by atoms with Crippen LogP contribution in [0, 0.1) is 0 Å². The van der Waals surface area contributed by atoms with Crippen molar-refractivity contribution in [2.75, 3.05) is 0 Å². The van der Waals surface area contributed by atoms with E-state index < -0.39 is 0 Å². The zero-order chi connectivity index (χ0) is 46.4. The van der Waals surface area contributed by atoms with Gasteiger partial charge in [0.2, 0.25) is 0 Å². The number of aromatic nitrogens is 3. The molecule has 11 aromatic rings. The Bertz CT molecular complexity index is 3410. The highest BCUT2D eigenvalue weighted by atomic mass is 15.0. The average molecular weight is 876 g/mol. The predicted molar refractivity (Wildman–Crippen MR) is 287 cm³/mol. The summed E-state index contributed by atoms with van der Waals surface area (Å²) in [6.45, 7) is 11.3. The summed E-state index contributed by atoms with van der Waals surface area (Å²) in [6, 6.07) is 81.5. The molecule has 9 aromatic carbocycles. The lowest BCUT2D eigenvalue weighted by Crippen LogP contribution is -2.10. The maximum Gasteiger partial charge on any atom is 0.160 e. The van der Waals surface area contributed by atoms with Crippen molar-refractivity contribution in [1.82, 2.24) is 14.5 Å². The normalized spacial score (nSPS) is 11.7. The van der Waals surface area contributed by atoms with E-state index in [-0.39, 0.29) is 5.41 Å². The second-order valence-corrected chi connectivity index (χ2v) is 19.2. The van der Waals surface area contributed by atoms with Crippen molar-refractivity contribution in [3.8, 4) is 84.1 Å². The van der Waals surface area contributed by atoms with Crippen molar-refractivity contribution in [3.63, 3.8) is 0 Å². The minimum absolute atomic E-state index is 0.00810. The van der Waals surface area contributed by atoms with E-state index in [4.69, 9.17) is 9.97 Å². The van der Waals surface area contributed by atoms with Gasteiger partial charge in [-0.3, -0.25) is 0 Å². The number of benzene rings is 9. The summed E-state index contributed by atoms with van der Waals surface area (Å²) in [5.74, 6) is 1.07. The lowest BCUT2D eigenvalue weighted by Gasteiger charge is -2.23. The van der Waals surface area contributed by atoms with E-state index in [0.717, 1.165) is 67.1 Å². The Balaban J connectivity index is 1.26. The molecule has 3 heteroatoms. The van der Waals surface area contributed by atoms with Gasteiger partial charge >= 0.3 is 0 Å². The fraction of sp³-hybridized carbons (Fsp3) is 0.108. The third-order valence-electron chi connectivity index (χ3n) is 13.4. The molecule has 0 bridgehead atoms. The molecule has 68 heavy (non-hydrogen) atoms. The second-order valence-electron chi connectivity index (χ2n) is 19.2. The van der Waals surface area contributed by atoms with Gasteiger partial charge in [-0.25, -0.2) is 9.97 Å². The summed E-state index contributed by atoms with van der Waals surface area (Å²) in [4.78, 5) is 10.8. The molecule has 0 saturated carbocycles. The van der Waals surface area contributed by atoms with Crippen LogP contribution in [0.3, 0.4) is 0 Å². The van der Waals surface area contributed by atoms with Gasteiger partial charge in [0.05, 0.1) is 28.1 Å². The van der Waals surface area contributed by atoms with Crippen LogP contribution < -0.4 is 0 Å². The Morgan fingerprint density at radius 3 is 1.18 bits per heavy atom. The molecular formula is C65H53N3. The molecule has 0 unspecified atom stereocenters. The van der Waals surface area contributed by atoms with Crippen molar-refractivity contribution in [2.24, 2.45) is 0 Å². The lowest BCUT2D eigenvalue weighted by molar-refractivity contribution is 0.590. The standard InChI is InChI=1S/C65H53N3/c1-43(2)44-26-28-47(29-27-44)55-40-53(64-66-59(49-22-14-8-15-23-49)42-60(67-64)50-24-16-9-17-25-50)41-56(48-30-34-54(35-31-48)65(3,4)5)63(55)68-61-36-32-51(45-18-10-6-11-19-45)38-57(61)58-39-52(33-37-62(58)68)46-20-12-7-13-21-46/h6-43H,1-5H3. The van der Waals surface area contributed by atoms with Gasteiger partial charge in [-0.05, 0) is 98.3 Å². The molecule has 3 nitrogen and oxygen atoms in total. The molecule has 0 saturated heterocycles. The Morgan fingerprint density at radius 1 is 0.368 bits per heavy atom. The molecule has 0 spiro atoms. The van der Waals surface area contributed by atoms with E-state index in [1.54, 1.807) is 0 Å². The van der Waals surface area contributed by atoms with Crippen molar-refractivity contribution in [3.05, 3.63) is 236 Å². The monoisotopic (exact) mass is 875 g/mol. The first kappa shape index (κ1) is 42.5. The van der Waals surface area contributed by atoms with Crippen LogP contribution in [0.5, 0.6) is 0 Å². The second kappa shape index (κ2) is 17.6. The SMILES string of the molecule is CC(C)c1ccc(-c2cc(-c3nc(-c4ccccc4)cc(-c4ccccc4)n3)cc(-c3ccc(C(C)(C)C)cc3)c2-n2c3ccc(-c4ccccc4)cc3c3cc(-c4ccccc4)ccc32)cc1. The number of nitrogens with zero attached hydrogens (tertiary/aromatic N) is 3. The van der Waals surface area contributed by atoms with Gasteiger partial charge in [0.1, 0.15) is 0 Å². The summed E-state index contributed by atoms with van der Waals surface area (Å²) >= 11 is 0. The van der Waals surface area contributed by atoms with Gasteiger partial charge < -0.3 is 4.57 Å². The highest BCUT2D eigenvalue weighted by Crippen LogP contribution is 2.46. The lowest BCUT2D eigenvalue weighted by atomic mass is 9.85. The minimum atomic E-state index is -0.00810. The van der Waals surface area contributed by atoms with Crippen LogP contribution in [0.1, 0.15) is 51.7 Å². The van der Waals surface area contributed by atoms with Crippen LogP contribution in [-0.2, 0) is 5.41 Å². The summed E-state index contributed by atoms with van der Waals surface area (Å²) in [7, 11) is 0. The van der Waals surface area contributed by atoms with Crippen molar-refractivity contribution in [2.45, 2.75) is 46.0 Å². The van der Waals surface area contributed by atoms with Crippen molar-refractivity contribution < 1.29 is 0 Å². The summed E-state index contributed by atoms with van der Waals surface area (Å²) in [6.07, 6.45) is 0. The average Bonchev–Trinajstić information content (AvgIpc) is 3.71. The van der Waals surface area contributed by atoms with E-state index in [0.29, 0.717) is 11.7 Å². The van der Waals surface area contributed by atoms with Crippen LogP contribution >= 0.6 is 0 Å². The Kier molecular flexibility index (Phi) is 11.0. The fourth-order valence-electron chi connectivity index (χ4n) is 9.62. The molecule has 0 aliphatic rings. The zero-order valence-corrected chi connectivity index (χ0v) is 39.3. The largest absolute Gasteiger partial charge is 0.308 e. The van der Waals surface area contributed by atoms with Gasteiger partial charge in [0.15, 0.2) is 5.82 Å². The molecule has 0 aliphatic heterocycles. The Hall–Kier alpha value is -8.14. The van der Waals surface area contributed by atoms with E-state index in [9.17, 15) is 0 Å². The number of hydrogen-bond acceptors (Lipinski definition) is 2. The van der Waals surface area contributed by atoms with Gasteiger partial charge in [-0.1, -0.05) is 217 Å². The highest BCUT2D eigenvalue weighted by Gasteiger charge is 2.24. The van der Waals surface area contributed by atoms with Crippen LogP contribution in [-0.4, -0.2) is 14.5 Å². The molecule has 328 valence electrons. The minimum Gasteiger partial charge on any atom is -0.308 e. The van der Waals surface area contributed by atoms with Crippen LogP contribution in [0.2, 0.25) is 0 Å². The van der Waals surface area contributed by atoms with E-state index in [2.05, 4.69) is 264 Å². The third kappa shape index (κ3) is 8.11. The van der Waals surface area contributed by atoms with E-state index >= 15 is 0 Å². The van der Waals surface area contributed by atoms with Gasteiger partial charge in [0.25, 0.3) is 0 Å². The first-order valence-electron chi connectivity index (χ1n) is 23.8. The molecule has 2 heterocycles. The fourth-order valence-corrected chi connectivity index (χ4v) is 9.62. The topological polar surface area (TPSA) is 30.7 Å².